The van der Waals surface area contributed by atoms with Crippen molar-refractivity contribution < 1.29 is 9.21 Å². The molecular weight excluding hydrogens is 358 g/mol. The molecule has 27 heavy (non-hydrogen) atoms. The number of amides is 1. The Balaban J connectivity index is 1.31. The van der Waals surface area contributed by atoms with Crippen LogP contribution in [-0.2, 0) is 0 Å². The second kappa shape index (κ2) is 6.39. The third-order valence-corrected chi connectivity index (χ3v) is 6.16. The Hall–Kier alpha value is -2.86. The Labute approximate surface area is 160 Å². The number of aromatic nitrogens is 1. The van der Waals surface area contributed by atoms with Gasteiger partial charge in [0.05, 0.1) is 10.2 Å². The largest absolute Gasteiger partial charge is 0.451 e. The minimum absolute atomic E-state index is 0.0361. The van der Waals surface area contributed by atoms with E-state index in [4.69, 9.17) is 9.40 Å². The van der Waals surface area contributed by atoms with Gasteiger partial charge in [0.25, 0.3) is 5.91 Å². The number of piperazine rings is 1. The lowest BCUT2D eigenvalue weighted by Gasteiger charge is -2.34. The number of carbonyl (C=O) groups excluding carboxylic acids is 1. The molecule has 2 aromatic heterocycles. The van der Waals surface area contributed by atoms with Gasteiger partial charge in [-0.05, 0) is 30.7 Å². The number of furan rings is 1. The fraction of sp³-hybridized carbons (Fsp3) is 0.238. The van der Waals surface area contributed by atoms with E-state index in [0.717, 1.165) is 34.7 Å². The van der Waals surface area contributed by atoms with Crippen molar-refractivity contribution in [1.82, 2.24) is 9.88 Å². The Morgan fingerprint density at radius 2 is 1.89 bits per heavy atom. The molecule has 5 nitrogen and oxygen atoms in total. The molecule has 6 heteroatoms. The zero-order valence-electron chi connectivity index (χ0n) is 15.0. The van der Waals surface area contributed by atoms with E-state index < -0.39 is 0 Å². The van der Waals surface area contributed by atoms with Crippen molar-refractivity contribution in [2.45, 2.75) is 6.92 Å². The number of anilines is 1. The number of aryl methyl sites for hydroxylation is 1. The highest BCUT2D eigenvalue weighted by molar-refractivity contribution is 7.22. The van der Waals surface area contributed by atoms with Crippen LogP contribution in [0.15, 0.2) is 52.9 Å². The first-order valence-electron chi connectivity index (χ1n) is 9.08. The Bertz CT molecular complexity index is 1110. The van der Waals surface area contributed by atoms with Crippen LogP contribution < -0.4 is 4.90 Å². The molecule has 1 fully saturated rings. The van der Waals surface area contributed by atoms with Gasteiger partial charge in [0.1, 0.15) is 5.58 Å². The summed E-state index contributed by atoms with van der Waals surface area (Å²) < 4.78 is 6.95. The molecule has 2 aromatic carbocycles. The number of fused-ring (bicyclic) bond motifs is 2. The number of para-hydroxylation sites is 2. The number of thiazole rings is 1. The first-order valence-corrected chi connectivity index (χ1v) is 9.90. The minimum atomic E-state index is -0.0361. The van der Waals surface area contributed by atoms with Crippen molar-refractivity contribution in [3.05, 3.63) is 59.9 Å². The van der Waals surface area contributed by atoms with Crippen molar-refractivity contribution in [1.29, 1.82) is 0 Å². The second-order valence-corrected chi connectivity index (χ2v) is 7.85. The summed E-state index contributed by atoms with van der Waals surface area (Å²) >= 11 is 1.72. The lowest BCUT2D eigenvalue weighted by molar-refractivity contribution is 0.0717. The fourth-order valence-corrected chi connectivity index (χ4v) is 4.65. The van der Waals surface area contributed by atoms with E-state index in [-0.39, 0.29) is 5.91 Å². The average Bonchev–Trinajstić information content (AvgIpc) is 3.32. The molecule has 0 bridgehead atoms. The van der Waals surface area contributed by atoms with Crippen LogP contribution in [0.2, 0.25) is 0 Å². The van der Waals surface area contributed by atoms with E-state index in [1.807, 2.05) is 35.2 Å². The highest BCUT2D eigenvalue weighted by atomic mass is 32.1. The van der Waals surface area contributed by atoms with Gasteiger partial charge in [0.15, 0.2) is 10.9 Å². The second-order valence-electron chi connectivity index (χ2n) is 6.85. The average molecular weight is 377 g/mol. The van der Waals surface area contributed by atoms with Crippen molar-refractivity contribution in [3.63, 3.8) is 0 Å². The highest BCUT2D eigenvalue weighted by Crippen LogP contribution is 2.31. The van der Waals surface area contributed by atoms with Crippen LogP contribution in [0, 0.1) is 6.92 Å². The quantitative estimate of drug-likeness (QED) is 0.522. The summed E-state index contributed by atoms with van der Waals surface area (Å²) in [5.74, 6) is 0.381. The topological polar surface area (TPSA) is 49.6 Å². The third-order valence-electron chi connectivity index (χ3n) is 5.08. The van der Waals surface area contributed by atoms with E-state index in [9.17, 15) is 4.79 Å². The van der Waals surface area contributed by atoms with E-state index in [1.165, 1.54) is 10.3 Å². The molecule has 1 amide bonds. The van der Waals surface area contributed by atoms with Gasteiger partial charge in [-0.15, -0.1) is 0 Å². The number of hydrogen-bond donors (Lipinski definition) is 0. The summed E-state index contributed by atoms with van der Waals surface area (Å²) in [7, 11) is 0. The summed E-state index contributed by atoms with van der Waals surface area (Å²) in [6.07, 6.45) is 0. The monoisotopic (exact) mass is 377 g/mol. The molecule has 0 unspecified atom stereocenters. The molecular formula is C21H19N3O2S. The normalized spacial score (nSPS) is 15.0. The van der Waals surface area contributed by atoms with Crippen LogP contribution in [0.1, 0.15) is 16.1 Å². The first kappa shape index (κ1) is 16.3. The number of benzene rings is 2. The molecule has 0 N–H and O–H groups in total. The summed E-state index contributed by atoms with van der Waals surface area (Å²) in [4.78, 5) is 21.8. The van der Waals surface area contributed by atoms with Crippen LogP contribution in [-0.4, -0.2) is 42.0 Å². The van der Waals surface area contributed by atoms with Crippen LogP contribution in [0.5, 0.6) is 0 Å². The van der Waals surface area contributed by atoms with E-state index in [1.54, 1.807) is 11.3 Å². The van der Waals surface area contributed by atoms with Crippen LogP contribution in [0.25, 0.3) is 21.2 Å². The SMILES string of the molecule is Cc1cccc2sc(N3CCN(C(=O)c4cc5ccccc5o4)CC3)nc12. The van der Waals surface area contributed by atoms with Crippen LogP contribution in [0.4, 0.5) is 5.13 Å². The Morgan fingerprint density at radius 1 is 1.07 bits per heavy atom. The van der Waals surface area contributed by atoms with Crippen LogP contribution in [0.3, 0.4) is 0 Å². The Morgan fingerprint density at radius 3 is 2.67 bits per heavy atom. The molecule has 0 spiro atoms. The molecule has 0 aliphatic carbocycles. The molecule has 5 rings (SSSR count). The lowest BCUT2D eigenvalue weighted by Crippen LogP contribution is -2.48. The first-order chi connectivity index (χ1) is 13.2. The van der Waals surface area contributed by atoms with E-state index in [0.29, 0.717) is 18.8 Å². The summed E-state index contributed by atoms with van der Waals surface area (Å²) in [6.45, 7) is 5.00. The molecule has 1 aliphatic rings. The van der Waals surface area contributed by atoms with E-state index >= 15 is 0 Å². The lowest BCUT2D eigenvalue weighted by atomic mass is 10.2. The third kappa shape index (κ3) is 2.86. The standard InChI is InChI=1S/C21H19N3O2S/c1-14-5-4-8-18-19(14)22-21(27-18)24-11-9-23(10-12-24)20(25)17-13-15-6-2-3-7-16(15)26-17/h2-8,13H,9-12H2,1H3. The maximum atomic E-state index is 12.8. The van der Waals surface area contributed by atoms with Gasteiger partial charge in [0.2, 0.25) is 0 Å². The van der Waals surface area contributed by atoms with Gasteiger partial charge in [0, 0.05) is 31.6 Å². The number of hydrogen-bond acceptors (Lipinski definition) is 5. The fourth-order valence-electron chi connectivity index (χ4n) is 3.55. The highest BCUT2D eigenvalue weighted by Gasteiger charge is 2.26. The summed E-state index contributed by atoms with van der Waals surface area (Å²) in [5.41, 5.74) is 3.04. The number of nitrogens with zero attached hydrogens (tertiary/aromatic N) is 3. The van der Waals surface area contributed by atoms with Crippen molar-refractivity contribution >= 4 is 43.6 Å². The minimum Gasteiger partial charge on any atom is -0.451 e. The van der Waals surface area contributed by atoms with Gasteiger partial charge >= 0.3 is 0 Å². The summed E-state index contributed by atoms with van der Waals surface area (Å²) in [6, 6.07) is 15.8. The van der Waals surface area contributed by atoms with Gasteiger partial charge in [-0.25, -0.2) is 4.98 Å². The van der Waals surface area contributed by atoms with E-state index in [2.05, 4.69) is 30.0 Å². The van der Waals surface area contributed by atoms with Gasteiger partial charge in [-0.2, -0.15) is 0 Å². The molecule has 0 saturated carbocycles. The van der Waals surface area contributed by atoms with Crippen molar-refractivity contribution in [2.24, 2.45) is 0 Å². The maximum absolute atomic E-state index is 12.8. The molecule has 4 aromatic rings. The van der Waals surface area contributed by atoms with Crippen LogP contribution >= 0.6 is 11.3 Å². The number of carbonyl (C=O) groups is 1. The molecule has 136 valence electrons. The van der Waals surface area contributed by atoms with Crippen molar-refractivity contribution in [2.75, 3.05) is 31.1 Å². The number of rotatable bonds is 2. The predicted molar refractivity (Wildman–Crippen MR) is 109 cm³/mol. The molecule has 0 radical (unpaired) electrons. The predicted octanol–water partition coefficient (Wildman–Crippen LogP) is 4.31. The van der Waals surface area contributed by atoms with Gasteiger partial charge in [-0.3, -0.25) is 4.79 Å². The molecule has 1 aliphatic heterocycles. The Kier molecular flexibility index (Phi) is 3.86. The smallest absolute Gasteiger partial charge is 0.289 e. The van der Waals surface area contributed by atoms with Gasteiger partial charge in [-0.1, -0.05) is 41.7 Å². The molecule has 3 heterocycles. The zero-order chi connectivity index (χ0) is 18.4. The maximum Gasteiger partial charge on any atom is 0.289 e. The zero-order valence-corrected chi connectivity index (χ0v) is 15.8. The summed E-state index contributed by atoms with van der Waals surface area (Å²) in [5, 5.41) is 2.00. The molecule has 0 atom stereocenters. The molecule has 1 saturated heterocycles. The van der Waals surface area contributed by atoms with Gasteiger partial charge < -0.3 is 14.2 Å². The van der Waals surface area contributed by atoms with Crippen molar-refractivity contribution in [3.8, 4) is 0 Å².